The Kier molecular flexibility index (Phi) is 3.83. The number of piperidine rings is 1. The maximum atomic E-state index is 4.29. The molecule has 1 aliphatic rings. The van der Waals surface area contributed by atoms with Crippen LogP contribution in [0.2, 0.25) is 0 Å². The summed E-state index contributed by atoms with van der Waals surface area (Å²) in [6.07, 6.45) is 3.92. The molecule has 1 aromatic carbocycles. The van der Waals surface area contributed by atoms with Crippen molar-refractivity contribution in [2.24, 2.45) is 0 Å². The summed E-state index contributed by atoms with van der Waals surface area (Å²) in [7, 11) is 0. The highest BCUT2D eigenvalue weighted by molar-refractivity contribution is 5.24. The Hall–Kier alpha value is -1.68. The van der Waals surface area contributed by atoms with Crippen LogP contribution in [0.3, 0.4) is 0 Å². The Bertz CT molecular complexity index is 541. The molecule has 0 aliphatic carbocycles. The van der Waals surface area contributed by atoms with E-state index >= 15 is 0 Å². The molecule has 4 nitrogen and oxygen atoms in total. The summed E-state index contributed by atoms with van der Waals surface area (Å²) in [5.74, 6) is 1.59. The maximum Gasteiger partial charge on any atom is 0.137 e. The average molecular weight is 270 g/mol. The summed E-state index contributed by atoms with van der Waals surface area (Å²) >= 11 is 0. The molecule has 1 saturated heterocycles. The first-order valence-electron chi connectivity index (χ1n) is 7.40. The number of hydrogen-bond acceptors (Lipinski definition) is 3. The second kappa shape index (κ2) is 5.75. The summed E-state index contributed by atoms with van der Waals surface area (Å²) in [6.45, 7) is 6.72. The molecule has 2 heterocycles. The van der Waals surface area contributed by atoms with E-state index in [0.717, 1.165) is 31.8 Å². The largest absolute Gasteiger partial charge is 0.297 e. The lowest BCUT2D eigenvalue weighted by Crippen LogP contribution is -2.35. The molecule has 0 bridgehead atoms. The molecule has 20 heavy (non-hydrogen) atoms. The Morgan fingerprint density at radius 1 is 1.30 bits per heavy atom. The van der Waals surface area contributed by atoms with Gasteiger partial charge in [0.2, 0.25) is 0 Å². The zero-order valence-electron chi connectivity index (χ0n) is 12.2. The van der Waals surface area contributed by atoms with Crippen molar-refractivity contribution in [1.82, 2.24) is 20.1 Å². The van der Waals surface area contributed by atoms with Crippen molar-refractivity contribution in [3.63, 3.8) is 0 Å². The van der Waals surface area contributed by atoms with Crippen molar-refractivity contribution in [3.8, 4) is 0 Å². The van der Waals surface area contributed by atoms with E-state index in [1.807, 2.05) is 0 Å². The van der Waals surface area contributed by atoms with Gasteiger partial charge in [0, 0.05) is 12.0 Å². The molecular weight excluding hydrogens is 248 g/mol. The number of aromatic nitrogens is 3. The molecule has 1 fully saturated rings. The lowest BCUT2D eigenvalue weighted by molar-refractivity contribution is 0.160. The van der Waals surface area contributed by atoms with E-state index in [-0.39, 0.29) is 0 Å². The van der Waals surface area contributed by atoms with E-state index in [0.29, 0.717) is 12.0 Å². The second-order valence-corrected chi connectivity index (χ2v) is 5.77. The van der Waals surface area contributed by atoms with E-state index in [2.05, 4.69) is 58.2 Å². The number of rotatable bonds is 3. The predicted molar refractivity (Wildman–Crippen MR) is 79.5 cm³/mol. The Labute approximate surface area is 120 Å². The summed E-state index contributed by atoms with van der Waals surface area (Å²) in [6, 6.07) is 9.34. The first kappa shape index (κ1) is 13.3. The average Bonchev–Trinajstić information content (AvgIpc) is 3.01. The van der Waals surface area contributed by atoms with Crippen molar-refractivity contribution in [3.05, 3.63) is 47.5 Å². The van der Waals surface area contributed by atoms with Crippen LogP contribution in [0.15, 0.2) is 30.6 Å². The van der Waals surface area contributed by atoms with Crippen LogP contribution < -0.4 is 0 Å². The number of nitrogens with one attached hydrogen (secondary N) is 1. The van der Waals surface area contributed by atoms with Crippen LogP contribution in [-0.2, 0) is 0 Å². The number of nitrogens with zero attached hydrogens (tertiary/aromatic N) is 3. The Morgan fingerprint density at radius 3 is 2.75 bits per heavy atom. The van der Waals surface area contributed by atoms with Crippen molar-refractivity contribution in [2.45, 2.75) is 38.6 Å². The molecule has 4 heteroatoms. The molecule has 1 aromatic heterocycles. The number of H-pyrrole nitrogens is 1. The summed E-state index contributed by atoms with van der Waals surface area (Å²) in [5.41, 5.74) is 2.76. The fourth-order valence-corrected chi connectivity index (χ4v) is 3.11. The topological polar surface area (TPSA) is 44.8 Å². The Morgan fingerprint density at radius 2 is 2.10 bits per heavy atom. The van der Waals surface area contributed by atoms with Crippen molar-refractivity contribution >= 4 is 0 Å². The minimum Gasteiger partial charge on any atom is -0.297 e. The SMILES string of the molecule is Cc1cccc(C(C)N2CCC(c3ncn[nH]3)CC2)c1. The van der Waals surface area contributed by atoms with Crippen LogP contribution in [0.4, 0.5) is 0 Å². The van der Waals surface area contributed by atoms with Crippen LogP contribution in [0.5, 0.6) is 0 Å². The summed E-state index contributed by atoms with van der Waals surface area (Å²) in [5, 5.41) is 6.97. The highest BCUT2D eigenvalue weighted by Gasteiger charge is 2.25. The fourth-order valence-electron chi connectivity index (χ4n) is 3.11. The quantitative estimate of drug-likeness (QED) is 0.932. The van der Waals surface area contributed by atoms with Gasteiger partial charge in [-0.1, -0.05) is 29.8 Å². The van der Waals surface area contributed by atoms with Gasteiger partial charge in [0.25, 0.3) is 0 Å². The van der Waals surface area contributed by atoms with Gasteiger partial charge in [-0.3, -0.25) is 10.00 Å². The number of hydrogen-bond donors (Lipinski definition) is 1. The molecule has 106 valence electrons. The van der Waals surface area contributed by atoms with Crippen LogP contribution >= 0.6 is 0 Å². The molecule has 1 atom stereocenters. The van der Waals surface area contributed by atoms with Gasteiger partial charge in [-0.05, 0) is 45.3 Å². The van der Waals surface area contributed by atoms with Gasteiger partial charge in [0.15, 0.2) is 0 Å². The van der Waals surface area contributed by atoms with Crippen molar-refractivity contribution in [2.75, 3.05) is 13.1 Å². The lowest BCUT2D eigenvalue weighted by atomic mass is 9.94. The first-order chi connectivity index (χ1) is 9.74. The smallest absolute Gasteiger partial charge is 0.137 e. The highest BCUT2D eigenvalue weighted by atomic mass is 15.2. The third kappa shape index (κ3) is 2.75. The standard InChI is InChI=1S/C16H22N4/c1-12-4-3-5-15(10-12)13(2)20-8-6-14(7-9-20)16-17-11-18-19-16/h3-5,10-11,13-14H,6-9H2,1-2H3,(H,17,18,19). The molecule has 0 amide bonds. The first-order valence-corrected chi connectivity index (χ1v) is 7.40. The van der Waals surface area contributed by atoms with Gasteiger partial charge in [0.1, 0.15) is 12.2 Å². The van der Waals surface area contributed by atoms with Gasteiger partial charge < -0.3 is 0 Å². The van der Waals surface area contributed by atoms with Gasteiger partial charge in [0.05, 0.1) is 0 Å². The van der Waals surface area contributed by atoms with E-state index < -0.39 is 0 Å². The van der Waals surface area contributed by atoms with E-state index in [4.69, 9.17) is 0 Å². The monoisotopic (exact) mass is 270 g/mol. The van der Waals surface area contributed by atoms with Crippen molar-refractivity contribution in [1.29, 1.82) is 0 Å². The van der Waals surface area contributed by atoms with E-state index in [9.17, 15) is 0 Å². The van der Waals surface area contributed by atoms with Gasteiger partial charge in [-0.15, -0.1) is 0 Å². The molecule has 0 radical (unpaired) electrons. The van der Waals surface area contributed by atoms with Gasteiger partial charge in [-0.2, -0.15) is 5.10 Å². The lowest BCUT2D eigenvalue weighted by Gasteiger charge is -2.35. The zero-order chi connectivity index (χ0) is 13.9. The third-order valence-electron chi connectivity index (χ3n) is 4.42. The van der Waals surface area contributed by atoms with Crippen LogP contribution in [0.25, 0.3) is 0 Å². The molecule has 1 unspecified atom stereocenters. The zero-order valence-corrected chi connectivity index (χ0v) is 12.2. The van der Waals surface area contributed by atoms with Gasteiger partial charge in [-0.25, -0.2) is 4.98 Å². The Balaban J connectivity index is 1.63. The molecule has 0 saturated carbocycles. The number of aryl methyl sites for hydroxylation is 1. The van der Waals surface area contributed by atoms with Gasteiger partial charge >= 0.3 is 0 Å². The van der Waals surface area contributed by atoms with Crippen molar-refractivity contribution < 1.29 is 0 Å². The predicted octanol–water partition coefficient (Wildman–Crippen LogP) is 3.05. The van der Waals surface area contributed by atoms with Crippen LogP contribution in [0, 0.1) is 6.92 Å². The molecular formula is C16H22N4. The molecule has 0 spiro atoms. The number of aromatic amines is 1. The minimum absolute atomic E-state index is 0.491. The second-order valence-electron chi connectivity index (χ2n) is 5.77. The number of benzene rings is 1. The minimum atomic E-state index is 0.491. The highest BCUT2D eigenvalue weighted by Crippen LogP contribution is 2.30. The van der Waals surface area contributed by atoms with E-state index in [1.54, 1.807) is 6.33 Å². The van der Waals surface area contributed by atoms with E-state index in [1.165, 1.54) is 11.1 Å². The maximum absolute atomic E-state index is 4.29. The normalized spacial score (nSPS) is 19.1. The number of likely N-dealkylation sites (tertiary alicyclic amines) is 1. The summed E-state index contributed by atoms with van der Waals surface area (Å²) in [4.78, 5) is 6.87. The summed E-state index contributed by atoms with van der Waals surface area (Å²) < 4.78 is 0. The molecule has 1 N–H and O–H groups in total. The molecule has 2 aromatic rings. The fraction of sp³-hybridized carbons (Fsp3) is 0.500. The third-order valence-corrected chi connectivity index (χ3v) is 4.42. The molecule has 3 rings (SSSR count). The van der Waals surface area contributed by atoms with Crippen LogP contribution in [-0.4, -0.2) is 33.2 Å². The van der Waals surface area contributed by atoms with Crippen LogP contribution in [0.1, 0.15) is 48.7 Å². The molecule has 1 aliphatic heterocycles.